The standard InChI is InChI=1S/C23H28F2O2Si.C18H20F2O2.C16H12F2O3.C15H11BrF2O2.C15H13BrF2O.C8H7FO2.C7H6BrFO/c1-13-9-16-14(10-18(13)24)21(26)15-11-19(25)20(12-17(15)23(16,5)6)27-28(7,8)22(2,3)4;1-11-5-6-12(8-15(11)19)7-13-9-16(20)17(22-4)10-14(13)18(2,3)21;1-16(2)9-5-13(19)11(17)3-7(9)15(21)8-4-12(18)14(20)6-10(8)16;1-8-3-4-9(5-12(8)17)15(19)10-6-13(18)14(20-2)7-11(10)16;1-9-3-4-10(6-13(9)17)5-11-7-14(18)15(19-2)8-12(11)16;1-5-2-3-6(8(10)11)4-7(5)9;1-10-7-4-5(8)2-3-6(7)9/h9-12H,1-8H3;5-6,8-10,21H,7H2,1-4H3;3-6,19-20H,1-2H3;3-7H,1-2H3;3-4,6-8H,5H2,1-2H3;2-4H,1H3,(H,10,11);2-4H,1H3. The van der Waals surface area contributed by atoms with E-state index in [1.165, 1.54) is 119 Å². The van der Waals surface area contributed by atoms with Gasteiger partial charge in [-0.15, -0.1) is 0 Å². The lowest BCUT2D eigenvalue weighted by Crippen LogP contribution is -2.44. The van der Waals surface area contributed by atoms with E-state index >= 15 is 0 Å². The van der Waals surface area contributed by atoms with Crippen LogP contribution in [0.1, 0.15) is 198 Å². The molecular formula is C102H97Br3F12O13Si. The Labute approximate surface area is 779 Å². The van der Waals surface area contributed by atoms with E-state index in [0.29, 0.717) is 78.5 Å². The number of aryl methyl sites for hydroxylation is 5. The van der Waals surface area contributed by atoms with E-state index in [9.17, 15) is 87.2 Å². The normalized spacial score (nSPS) is 12.5. The molecule has 4 N–H and O–H groups in total. The molecule has 0 spiro atoms. The maximum absolute atomic E-state index is 14.9. The molecule has 0 unspecified atom stereocenters. The molecule has 13 nitrogen and oxygen atoms in total. The van der Waals surface area contributed by atoms with Crippen molar-refractivity contribution in [3.8, 4) is 40.2 Å². The van der Waals surface area contributed by atoms with Crippen molar-refractivity contribution in [2.24, 2.45) is 0 Å². The van der Waals surface area contributed by atoms with Crippen molar-refractivity contribution in [3.63, 3.8) is 0 Å². The maximum Gasteiger partial charge on any atom is 0.335 e. The number of aliphatic hydroxyl groups is 1. The number of rotatable bonds is 14. The van der Waals surface area contributed by atoms with E-state index < -0.39 is 106 Å². The molecule has 0 fully saturated rings. The molecule has 0 atom stereocenters. The highest BCUT2D eigenvalue weighted by Gasteiger charge is 2.43. The zero-order valence-electron chi connectivity index (χ0n) is 75.3. The van der Waals surface area contributed by atoms with E-state index in [0.717, 1.165) is 61.5 Å². The Morgan fingerprint density at radius 3 is 1.17 bits per heavy atom. The Bertz CT molecular complexity index is 6300. The van der Waals surface area contributed by atoms with Crippen LogP contribution >= 0.6 is 47.8 Å². The van der Waals surface area contributed by atoms with E-state index in [-0.39, 0.29) is 90.4 Å². The van der Waals surface area contributed by atoms with Gasteiger partial charge in [0.05, 0.1) is 39.6 Å². The van der Waals surface area contributed by atoms with E-state index in [1.807, 2.05) is 19.9 Å². The number of phenolic OH excluding ortho intramolecular Hbond substituents is 2. The van der Waals surface area contributed by atoms with Gasteiger partial charge >= 0.3 is 5.97 Å². The predicted octanol–water partition coefficient (Wildman–Crippen LogP) is 27.2. The summed E-state index contributed by atoms with van der Waals surface area (Å²) in [6.45, 7) is 29.4. The van der Waals surface area contributed by atoms with Gasteiger partial charge in [0.25, 0.3) is 8.32 Å². The largest absolute Gasteiger partial charge is 0.542 e. The highest BCUT2D eigenvalue weighted by atomic mass is 79.9. The van der Waals surface area contributed by atoms with Gasteiger partial charge in [-0.05, 0) is 301 Å². The lowest BCUT2D eigenvalue weighted by molar-refractivity contribution is 0.0694. The zero-order valence-corrected chi connectivity index (χ0v) is 81.0. The molecule has 692 valence electrons. The number of fused-ring (bicyclic) bond motifs is 4. The molecule has 0 heterocycles. The maximum atomic E-state index is 14.9. The topological polar surface area (TPSA) is 195 Å². The number of aromatic carboxylic acids is 1. The Hall–Kier alpha value is -11.5. The molecular weight excluding hydrogens is 1930 g/mol. The second-order valence-electron chi connectivity index (χ2n) is 34.1. The van der Waals surface area contributed by atoms with Crippen molar-refractivity contribution in [2.45, 2.75) is 144 Å². The van der Waals surface area contributed by atoms with Crippen LogP contribution in [0, 0.1) is 104 Å². The van der Waals surface area contributed by atoms with Crippen LogP contribution in [-0.4, -0.2) is 80.5 Å². The number of carbonyl (C=O) groups is 4. The second-order valence-corrected chi connectivity index (χ2v) is 41.4. The first-order valence-corrected chi connectivity index (χ1v) is 45.6. The van der Waals surface area contributed by atoms with Crippen LogP contribution in [-0.2, 0) is 29.3 Å². The van der Waals surface area contributed by atoms with Gasteiger partial charge in [-0.1, -0.05) is 129 Å². The van der Waals surface area contributed by atoms with Crippen LogP contribution in [0.4, 0.5) is 52.7 Å². The third-order valence-corrected chi connectivity index (χ3v) is 28.7. The molecule has 0 aliphatic heterocycles. The van der Waals surface area contributed by atoms with Gasteiger partial charge in [0.2, 0.25) is 0 Å². The summed E-state index contributed by atoms with van der Waals surface area (Å²) in [5, 5.41) is 37.7. The number of methoxy groups -OCH3 is 4. The number of carboxylic acid groups (broad SMARTS) is 1. The molecule has 131 heavy (non-hydrogen) atoms. The molecule has 0 saturated carbocycles. The SMILES string of the molecule is CC1(C)c2cc(O)c(F)cc2C(=O)c2cc(F)c(O)cc21.COc1cc(Br)c(C(=O)c2ccc(C)c(F)c2)cc1F.COc1cc(Br)c(Cc2ccc(C)c(F)c2)cc1F.COc1cc(Br)ccc1F.COc1cc(C(C)(C)O)c(Cc2ccc(C)c(F)c2)cc1F.Cc1cc2c(cc1F)C(=O)c1cc(F)c(O[Si](C)(C)C(C)(C)C)cc1C2(C)C.Cc1ccc(C(=O)O)cc1F. The minimum atomic E-state index is -2.25. The summed E-state index contributed by atoms with van der Waals surface area (Å²) in [6.07, 6.45) is 0.788. The second kappa shape index (κ2) is 42.8. The monoisotopic (exact) mass is 2020 g/mol. The van der Waals surface area contributed by atoms with Crippen LogP contribution < -0.4 is 23.4 Å². The van der Waals surface area contributed by atoms with Gasteiger partial charge in [-0.25, -0.2) is 57.5 Å². The number of phenols is 2. The molecule has 2 aliphatic carbocycles. The fourth-order valence-corrected chi connectivity index (χ4v) is 16.0. The van der Waals surface area contributed by atoms with Crippen molar-refractivity contribution >= 4 is 79.4 Å². The van der Waals surface area contributed by atoms with Crippen LogP contribution in [0.2, 0.25) is 18.1 Å². The van der Waals surface area contributed by atoms with E-state index in [1.54, 1.807) is 111 Å². The minimum absolute atomic E-state index is 0.0203. The lowest BCUT2D eigenvalue weighted by Gasteiger charge is -2.38. The number of ether oxygens (including phenoxy) is 4. The number of carbonyl (C=O) groups excluding carboxylic acids is 3. The summed E-state index contributed by atoms with van der Waals surface area (Å²) in [5.41, 5.74) is 6.85. The van der Waals surface area contributed by atoms with Crippen LogP contribution in [0.5, 0.6) is 40.2 Å². The number of carboxylic acids is 1. The van der Waals surface area contributed by atoms with Gasteiger partial charge in [-0.2, -0.15) is 0 Å². The average molecular weight is 2030 g/mol. The van der Waals surface area contributed by atoms with E-state index in [4.69, 9.17) is 28.5 Å². The summed E-state index contributed by atoms with van der Waals surface area (Å²) < 4.78 is 191. The summed E-state index contributed by atoms with van der Waals surface area (Å²) in [7, 11) is 3.32. The molecule has 0 radical (unpaired) electrons. The fraction of sp³-hybridized carbons (Fsp3) is 0.255. The number of hydrogen-bond donors (Lipinski definition) is 4. The number of benzene rings is 12. The molecule has 0 bridgehead atoms. The van der Waals surface area contributed by atoms with Crippen LogP contribution in [0.15, 0.2) is 189 Å². The molecule has 0 saturated heterocycles. The fourth-order valence-electron chi connectivity index (χ4n) is 13.6. The molecule has 2 aliphatic rings. The highest BCUT2D eigenvalue weighted by Crippen LogP contribution is 2.48. The number of aromatic hydroxyl groups is 2. The lowest BCUT2D eigenvalue weighted by atomic mass is 9.68. The summed E-state index contributed by atoms with van der Waals surface area (Å²) in [5.74, 6) is -9.00. The molecule has 29 heteroatoms. The number of ketones is 3. The average Bonchev–Trinajstić information content (AvgIpc) is 0.728. The number of halogens is 15. The molecule has 0 aromatic heterocycles. The summed E-state index contributed by atoms with van der Waals surface area (Å²) >= 11 is 9.75. The first-order chi connectivity index (χ1) is 60.9. The van der Waals surface area contributed by atoms with Crippen LogP contribution in [0.25, 0.3) is 0 Å². The van der Waals surface area contributed by atoms with Gasteiger partial charge in [0, 0.05) is 57.6 Å². The van der Waals surface area contributed by atoms with Crippen molar-refractivity contribution in [1.82, 2.24) is 0 Å². The Kier molecular flexibility index (Phi) is 34.3. The molecule has 14 rings (SSSR count). The highest BCUT2D eigenvalue weighted by molar-refractivity contribution is 9.11. The Balaban J connectivity index is 0.000000192. The van der Waals surface area contributed by atoms with E-state index in [2.05, 4.69) is 81.7 Å². The first-order valence-electron chi connectivity index (χ1n) is 40.3. The Morgan fingerprint density at radius 2 is 0.740 bits per heavy atom. The van der Waals surface area contributed by atoms with Gasteiger partial charge in [0.15, 0.2) is 92.6 Å². The van der Waals surface area contributed by atoms with Crippen molar-refractivity contribution in [2.75, 3.05) is 28.4 Å². The zero-order chi connectivity index (χ0) is 98.1. The third kappa shape index (κ3) is 25.0. The third-order valence-electron chi connectivity index (χ3n) is 22.5. The van der Waals surface area contributed by atoms with Gasteiger partial charge in [-0.3, -0.25) is 14.4 Å². The summed E-state index contributed by atoms with van der Waals surface area (Å²) in [4.78, 5) is 48.0. The number of hydrogen-bond acceptors (Lipinski definition) is 12. The smallest absolute Gasteiger partial charge is 0.335 e. The minimum Gasteiger partial charge on any atom is -0.542 e. The molecule has 12 aromatic rings. The predicted molar refractivity (Wildman–Crippen MR) is 493 cm³/mol. The van der Waals surface area contributed by atoms with Crippen LogP contribution in [0.3, 0.4) is 0 Å². The van der Waals surface area contributed by atoms with Crippen molar-refractivity contribution in [1.29, 1.82) is 0 Å². The van der Waals surface area contributed by atoms with Gasteiger partial charge < -0.3 is 43.8 Å². The van der Waals surface area contributed by atoms with Gasteiger partial charge in [0.1, 0.15) is 34.8 Å². The van der Waals surface area contributed by atoms with Crippen molar-refractivity contribution < 1.29 is 116 Å². The first kappa shape index (κ1) is 105. The quantitative estimate of drug-likeness (QED) is 0.0457. The Morgan fingerprint density at radius 1 is 0.382 bits per heavy atom. The van der Waals surface area contributed by atoms with Crippen molar-refractivity contribution in [3.05, 3.63) is 376 Å². The molecule has 12 aromatic carbocycles. The summed E-state index contributed by atoms with van der Waals surface area (Å²) in [6, 6.07) is 41.0. The molecule has 0 amide bonds.